The third kappa shape index (κ3) is 3.45. The largest absolute Gasteiger partial charge is 0.497 e. The number of benzene rings is 2. The van der Waals surface area contributed by atoms with Gasteiger partial charge in [-0.2, -0.15) is 15.8 Å². The number of nitrogens with zero attached hydrogens (tertiary/aromatic N) is 3. The molecule has 2 aliphatic rings. The third-order valence-electron chi connectivity index (χ3n) is 6.72. The molecule has 0 amide bonds. The molecule has 0 fully saturated rings. The fourth-order valence-electron chi connectivity index (χ4n) is 5.10. The average Bonchev–Trinajstić information content (AvgIpc) is 2.84. The normalized spacial score (nSPS) is 25.7. The van der Waals surface area contributed by atoms with Crippen molar-refractivity contribution in [2.45, 2.75) is 18.5 Å². The first-order chi connectivity index (χ1) is 15.6. The molecule has 2 aromatic carbocycles. The van der Waals surface area contributed by atoms with E-state index in [1.54, 1.807) is 7.11 Å². The van der Waals surface area contributed by atoms with Crippen LogP contribution in [0.2, 0.25) is 0 Å². The minimum absolute atomic E-state index is 0.154. The van der Waals surface area contributed by atoms with Crippen molar-refractivity contribution in [2.24, 2.45) is 11.3 Å². The van der Waals surface area contributed by atoms with Crippen LogP contribution in [0.15, 0.2) is 78.0 Å². The maximum atomic E-state index is 10.3. The molecule has 0 bridgehead atoms. The zero-order valence-corrected chi connectivity index (χ0v) is 18.0. The summed E-state index contributed by atoms with van der Waals surface area (Å²) < 4.78 is 5.30. The highest BCUT2D eigenvalue weighted by molar-refractivity contribution is 5.52. The van der Waals surface area contributed by atoms with Crippen molar-refractivity contribution in [3.8, 4) is 24.0 Å². The van der Waals surface area contributed by atoms with Gasteiger partial charge in [0.25, 0.3) is 0 Å². The van der Waals surface area contributed by atoms with E-state index in [0.717, 1.165) is 17.7 Å². The first-order valence-electron chi connectivity index (χ1n) is 10.6. The Morgan fingerprint density at radius 1 is 1.06 bits per heavy atom. The van der Waals surface area contributed by atoms with Crippen molar-refractivity contribution in [3.05, 3.63) is 89.1 Å². The molecule has 32 heavy (non-hydrogen) atoms. The Morgan fingerprint density at radius 2 is 1.75 bits per heavy atom. The lowest BCUT2D eigenvalue weighted by Crippen LogP contribution is -3.07. The van der Waals surface area contributed by atoms with Gasteiger partial charge in [-0.1, -0.05) is 42.5 Å². The highest BCUT2D eigenvalue weighted by atomic mass is 16.5. The van der Waals surface area contributed by atoms with Crippen LogP contribution >= 0.6 is 0 Å². The molecule has 0 saturated heterocycles. The van der Waals surface area contributed by atoms with Crippen LogP contribution in [0.1, 0.15) is 17.0 Å². The van der Waals surface area contributed by atoms with Crippen LogP contribution in [0, 0.1) is 45.3 Å². The predicted molar refractivity (Wildman–Crippen MR) is 117 cm³/mol. The summed E-state index contributed by atoms with van der Waals surface area (Å²) in [6, 6.07) is 23.9. The van der Waals surface area contributed by atoms with Gasteiger partial charge in [-0.25, -0.2) is 0 Å². The molecule has 4 atom stereocenters. The molecule has 6 nitrogen and oxygen atoms in total. The van der Waals surface area contributed by atoms with Gasteiger partial charge in [0.1, 0.15) is 18.4 Å². The highest BCUT2D eigenvalue weighted by Crippen LogP contribution is 2.51. The Balaban J connectivity index is 1.83. The fourth-order valence-corrected chi connectivity index (χ4v) is 5.10. The number of hydrogen-bond acceptors (Lipinski definition) is 4. The number of rotatable bonds is 4. The SMILES string of the molecule is COc1ccc([C@H]2[C@H]3C[NH+](Cc4ccccc4)C=CC3=C(C#N)[C@H]([NH3+])C2(C#N)C#N)cc1. The van der Waals surface area contributed by atoms with Crippen molar-refractivity contribution >= 4 is 0 Å². The molecule has 4 rings (SSSR count). The van der Waals surface area contributed by atoms with Gasteiger partial charge in [-0.05, 0) is 29.3 Å². The Kier molecular flexibility index (Phi) is 5.80. The van der Waals surface area contributed by atoms with Crippen LogP contribution < -0.4 is 15.4 Å². The van der Waals surface area contributed by atoms with Crippen LogP contribution in [-0.4, -0.2) is 19.7 Å². The zero-order chi connectivity index (χ0) is 22.7. The Labute approximate surface area is 188 Å². The summed E-state index contributed by atoms with van der Waals surface area (Å²) >= 11 is 0. The number of nitrogens with one attached hydrogen (secondary N) is 1. The van der Waals surface area contributed by atoms with Gasteiger partial charge in [0.05, 0.1) is 37.6 Å². The first kappa shape index (κ1) is 21.3. The summed E-state index contributed by atoms with van der Waals surface area (Å²) in [5.74, 6) is 0.149. The van der Waals surface area contributed by atoms with Crippen LogP contribution in [0.4, 0.5) is 0 Å². The lowest BCUT2D eigenvalue weighted by Gasteiger charge is -2.44. The molecule has 0 saturated carbocycles. The smallest absolute Gasteiger partial charge is 0.207 e. The maximum absolute atomic E-state index is 10.3. The minimum Gasteiger partial charge on any atom is -0.497 e. The monoisotopic (exact) mass is 423 g/mol. The second-order valence-electron chi connectivity index (χ2n) is 8.34. The van der Waals surface area contributed by atoms with Crippen LogP contribution in [0.25, 0.3) is 0 Å². The third-order valence-corrected chi connectivity index (χ3v) is 6.72. The van der Waals surface area contributed by atoms with Gasteiger partial charge in [0.15, 0.2) is 6.04 Å². The maximum Gasteiger partial charge on any atom is 0.207 e. The number of methoxy groups -OCH3 is 1. The Bertz CT molecular complexity index is 1160. The van der Waals surface area contributed by atoms with Gasteiger partial charge < -0.3 is 15.4 Å². The van der Waals surface area contributed by atoms with E-state index in [2.05, 4.69) is 42.3 Å². The summed E-state index contributed by atoms with van der Waals surface area (Å²) in [6.45, 7) is 1.47. The van der Waals surface area contributed by atoms with E-state index >= 15 is 0 Å². The number of hydrogen-bond donors (Lipinski definition) is 2. The summed E-state index contributed by atoms with van der Waals surface area (Å²) in [7, 11) is 1.60. The number of nitriles is 3. The minimum atomic E-state index is -1.43. The van der Waals surface area contributed by atoms with Crippen molar-refractivity contribution in [2.75, 3.05) is 13.7 Å². The molecule has 1 aliphatic heterocycles. The Morgan fingerprint density at radius 3 is 2.34 bits per heavy atom. The summed E-state index contributed by atoms with van der Waals surface area (Å²) in [5.41, 5.74) is 6.14. The van der Waals surface area contributed by atoms with Gasteiger partial charge in [0, 0.05) is 17.4 Å². The molecule has 6 heteroatoms. The van der Waals surface area contributed by atoms with Crippen LogP contribution in [0.5, 0.6) is 5.75 Å². The van der Waals surface area contributed by atoms with Crippen LogP contribution in [-0.2, 0) is 6.54 Å². The zero-order valence-electron chi connectivity index (χ0n) is 18.0. The van der Waals surface area contributed by atoms with E-state index in [9.17, 15) is 15.8 Å². The predicted octanol–water partition coefficient (Wildman–Crippen LogP) is 1.49. The quantitative estimate of drug-likeness (QED) is 0.776. The molecule has 158 valence electrons. The number of ether oxygens (including phenoxy) is 1. The molecular weight excluding hydrogens is 398 g/mol. The van der Waals surface area contributed by atoms with Gasteiger partial charge in [-0.15, -0.1) is 0 Å². The van der Waals surface area contributed by atoms with E-state index in [4.69, 9.17) is 4.74 Å². The van der Waals surface area contributed by atoms with Gasteiger partial charge in [0.2, 0.25) is 5.41 Å². The van der Waals surface area contributed by atoms with Gasteiger partial charge >= 0.3 is 0 Å². The average molecular weight is 424 g/mol. The molecular formula is C26H25N5O+2. The second kappa shape index (κ2) is 8.69. The number of fused-ring (bicyclic) bond motifs is 1. The molecule has 0 aromatic heterocycles. The summed E-state index contributed by atoms with van der Waals surface area (Å²) in [6.07, 6.45) is 4.08. The van der Waals surface area contributed by atoms with E-state index in [1.165, 1.54) is 10.5 Å². The summed E-state index contributed by atoms with van der Waals surface area (Å²) in [5, 5.41) is 30.4. The van der Waals surface area contributed by atoms with Crippen LogP contribution in [0.3, 0.4) is 0 Å². The van der Waals surface area contributed by atoms with Crippen molar-refractivity contribution in [1.82, 2.24) is 0 Å². The number of quaternary nitrogens is 2. The molecule has 0 radical (unpaired) electrons. The second-order valence-corrected chi connectivity index (χ2v) is 8.34. The Hall–Kier alpha value is -3.89. The topological polar surface area (TPSA) is 113 Å². The highest BCUT2D eigenvalue weighted by Gasteiger charge is 2.59. The molecule has 1 unspecified atom stereocenters. The summed E-state index contributed by atoms with van der Waals surface area (Å²) in [4.78, 5) is 1.22. The number of allylic oxidation sites excluding steroid dienone is 1. The fraction of sp³-hybridized carbons (Fsp3) is 0.269. The molecule has 0 spiro atoms. The van der Waals surface area contributed by atoms with E-state index in [1.807, 2.05) is 48.5 Å². The van der Waals surface area contributed by atoms with Crippen molar-refractivity contribution < 1.29 is 15.4 Å². The molecule has 2 aromatic rings. The molecule has 1 aliphatic carbocycles. The van der Waals surface area contributed by atoms with Gasteiger partial charge in [-0.3, -0.25) is 0 Å². The lowest BCUT2D eigenvalue weighted by atomic mass is 9.56. The standard InChI is InChI=1S/C26H23N5O/c1-32-20-9-7-19(8-10-20)24-23-15-31(14-18-5-3-2-4-6-18)12-11-21(23)22(13-27)25(30)26(24,16-28)17-29/h2-12,23-25H,14-15,30H2,1H3/p+2/t23-,24-,25-/m0/s1. The van der Waals surface area contributed by atoms with E-state index in [-0.39, 0.29) is 5.92 Å². The molecule has 1 heterocycles. The van der Waals surface area contributed by atoms with Crippen molar-refractivity contribution in [3.63, 3.8) is 0 Å². The molecule has 4 N–H and O–H groups in total. The first-order valence-corrected chi connectivity index (χ1v) is 10.6. The van der Waals surface area contributed by atoms with E-state index < -0.39 is 17.4 Å². The van der Waals surface area contributed by atoms with E-state index in [0.29, 0.717) is 17.9 Å². The lowest BCUT2D eigenvalue weighted by molar-refractivity contribution is -0.866. The van der Waals surface area contributed by atoms with Crippen molar-refractivity contribution in [1.29, 1.82) is 15.8 Å².